The predicted octanol–water partition coefficient (Wildman–Crippen LogP) is 0.892. The summed E-state index contributed by atoms with van der Waals surface area (Å²) >= 11 is 0. The minimum Gasteiger partial charge on any atom is -0.326 e. The van der Waals surface area contributed by atoms with Gasteiger partial charge >= 0.3 is 0 Å². The number of likely N-dealkylation sites (N-methyl/N-ethyl adjacent to an activating group) is 2. The molecule has 0 bridgehead atoms. The molecule has 3 unspecified atom stereocenters. The van der Waals surface area contributed by atoms with E-state index in [9.17, 15) is 0 Å². The van der Waals surface area contributed by atoms with Crippen molar-refractivity contribution in [1.82, 2.24) is 9.80 Å². The van der Waals surface area contributed by atoms with E-state index < -0.39 is 0 Å². The molecule has 0 amide bonds. The van der Waals surface area contributed by atoms with Crippen LogP contribution in [-0.4, -0.2) is 55.1 Å². The van der Waals surface area contributed by atoms with Crippen LogP contribution in [-0.2, 0) is 0 Å². The number of nitrogens with two attached hydrogens (primary N) is 1. The Morgan fingerprint density at radius 3 is 2.60 bits per heavy atom. The highest BCUT2D eigenvalue weighted by molar-refractivity contribution is 4.91. The van der Waals surface area contributed by atoms with Gasteiger partial charge in [-0.05, 0) is 46.3 Å². The average Bonchev–Trinajstić information content (AvgIpc) is 2.63. The number of likely N-dealkylation sites (tertiary alicyclic amines) is 1. The molecule has 15 heavy (non-hydrogen) atoms. The van der Waals surface area contributed by atoms with Crippen molar-refractivity contribution in [2.45, 2.75) is 50.2 Å². The lowest BCUT2D eigenvalue weighted by molar-refractivity contribution is 0.0945. The average molecular weight is 211 g/mol. The SMILES string of the molecule is CN1CCCC(N(C)C2CCCC2N)C1. The lowest BCUT2D eigenvalue weighted by Gasteiger charge is -2.40. The maximum absolute atomic E-state index is 6.17. The maximum Gasteiger partial charge on any atom is 0.0247 e. The molecule has 2 rings (SSSR count). The summed E-state index contributed by atoms with van der Waals surface area (Å²) in [7, 11) is 4.51. The number of rotatable bonds is 2. The van der Waals surface area contributed by atoms with Gasteiger partial charge in [-0.3, -0.25) is 4.90 Å². The predicted molar refractivity (Wildman–Crippen MR) is 63.9 cm³/mol. The third-order valence-electron chi connectivity index (χ3n) is 4.23. The Morgan fingerprint density at radius 1 is 1.20 bits per heavy atom. The van der Waals surface area contributed by atoms with Gasteiger partial charge in [-0.2, -0.15) is 0 Å². The fourth-order valence-corrected chi connectivity index (χ4v) is 3.22. The first kappa shape index (κ1) is 11.4. The summed E-state index contributed by atoms with van der Waals surface area (Å²) in [5, 5.41) is 0. The van der Waals surface area contributed by atoms with Crippen LogP contribution in [0, 0.1) is 0 Å². The molecule has 1 heterocycles. The molecule has 1 saturated heterocycles. The van der Waals surface area contributed by atoms with Gasteiger partial charge in [-0.1, -0.05) is 6.42 Å². The Bertz CT molecular complexity index is 207. The van der Waals surface area contributed by atoms with Crippen LogP contribution >= 0.6 is 0 Å². The summed E-state index contributed by atoms with van der Waals surface area (Å²) in [6.45, 7) is 2.49. The number of piperidine rings is 1. The highest BCUT2D eigenvalue weighted by Gasteiger charge is 2.32. The van der Waals surface area contributed by atoms with Crippen LogP contribution in [0.2, 0.25) is 0 Å². The molecule has 1 aliphatic carbocycles. The highest BCUT2D eigenvalue weighted by atomic mass is 15.2. The molecule has 0 aromatic carbocycles. The van der Waals surface area contributed by atoms with E-state index in [1.807, 2.05) is 0 Å². The molecule has 3 heteroatoms. The van der Waals surface area contributed by atoms with Gasteiger partial charge in [0, 0.05) is 24.7 Å². The molecule has 2 N–H and O–H groups in total. The Morgan fingerprint density at radius 2 is 2.00 bits per heavy atom. The molecule has 0 aromatic rings. The van der Waals surface area contributed by atoms with Gasteiger partial charge in [0.25, 0.3) is 0 Å². The number of hydrogen-bond donors (Lipinski definition) is 1. The normalized spacial score (nSPS) is 38.8. The number of nitrogens with zero attached hydrogens (tertiary/aromatic N) is 2. The molecule has 3 atom stereocenters. The van der Waals surface area contributed by atoms with Crippen molar-refractivity contribution in [2.75, 3.05) is 27.2 Å². The summed E-state index contributed by atoms with van der Waals surface area (Å²) in [6.07, 6.45) is 6.53. The van der Waals surface area contributed by atoms with Crippen molar-refractivity contribution >= 4 is 0 Å². The largest absolute Gasteiger partial charge is 0.326 e. The highest BCUT2D eigenvalue weighted by Crippen LogP contribution is 2.25. The summed E-state index contributed by atoms with van der Waals surface area (Å²) < 4.78 is 0. The summed E-state index contributed by atoms with van der Waals surface area (Å²) in [5.74, 6) is 0. The van der Waals surface area contributed by atoms with Gasteiger partial charge in [-0.15, -0.1) is 0 Å². The monoisotopic (exact) mass is 211 g/mol. The standard InChI is InChI=1S/C12H25N3/c1-14-8-4-5-10(9-14)15(2)12-7-3-6-11(12)13/h10-12H,3-9,13H2,1-2H3. The summed E-state index contributed by atoms with van der Waals surface area (Å²) in [4.78, 5) is 5.01. The summed E-state index contributed by atoms with van der Waals surface area (Å²) in [6, 6.07) is 1.79. The van der Waals surface area contributed by atoms with E-state index in [4.69, 9.17) is 5.73 Å². The van der Waals surface area contributed by atoms with Crippen molar-refractivity contribution in [3.8, 4) is 0 Å². The van der Waals surface area contributed by atoms with Crippen LogP contribution in [0.4, 0.5) is 0 Å². The first-order valence-electron chi connectivity index (χ1n) is 6.34. The van der Waals surface area contributed by atoms with E-state index in [0.717, 1.165) is 6.04 Å². The van der Waals surface area contributed by atoms with Crippen molar-refractivity contribution in [2.24, 2.45) is 5.73 Å². The third-order valence-corrected chi connectivity index (χ3v) is 4.23. The van der Waals surface area contributed by atoms with Gasteiger partial charge in [0.15, 0.2) is 0 Å². The van der Waals surface area contributed by atoms with Crippen LogP contribution in [0.25, 0.3) is 0 Å². The van der Waals surface area contributed by atoms with Gasteiger partial charge < -0.3 is 10.6 Å². The molecule has 0 aromatic heterocycles. The van der Waals surface area contributed by atoms with Crippen molar-refractivity contribution in [3.63, 3.8) is 0 Å². The summed E-state index contributed by atoms with van der Waals surface area (Å²) in [5.41, 5.74) is 6.17. The Labute approximate surface area is 93.6 Å². The fourth-order valence-electron chi connectivity index (χ4n) is 3.22. The van der Waals surface area contributed by atoms with Crippen LogP contribution in [0.15, 0.2) is 0 Å². The second kappa shape index (κ2) is 4.81. The van der Waals surface area contributed by atoms with Gasteiger partial charge in [0.2, 0.25) is 0 Å². The van der Waals surface area contributed by atoms with Gasteiger partial charge in [0.1, 0.15) is 0 Å². The zero-order valence-electron chi connectivity index (χ0n) is 10.2. The topological polar surface area (TPSA) is 32.5 Å². The zero-order valence-corrected chi connectivity index (χ0v) is 10.2. The van der Waals surface area contributed by atoms with E-state index in [1.54, 1.807) is 0 Å². The van der Waals surface area contributed by atoms with Gasteiger partial charge in [0.05, 0.1) is 0 Å². The molecular weight excluding hydrogens is 186 g/mol. The quantitative estimate of drug-likeness (QED) is 0.736. The molecule has 1 saturated carbocycles. The first-order chi connectivity index (χ1) is 7.18. The van der Waals surface area contributed by atoms with Crippen LogP contribution in [0.1, 0.15) is 32.1 Å². The van der Waals surface area contributed by atoms with Crippen molar-refractivity contribution in [3.05, 3.63) is 0 Å². The van der Waals surface area contributed by atoms with E-state index in [0.29, 0.717) is 12.1 Å². The molecule has 3 nitrogen and oxygen atoms in total. The second-order valence-electron chi connectivity index (χ2n) is 5.39. The molecule has 88 valence electrons. The van der Waals surface area contributed by atoms with Crippen molar-refractivity contribution < 1.29 is 0 Å². The molecule has 1 aliphatic heterocycles. The van der Waals surface area contributed by atoms with E-state index >= 15 is 0 Å². The van der Waals surface area contributed by atoms with E-state index in [1.165, 1.54) is 45.2 Å². The fraction of sp³-hybridized carbons (Fsp3) is 1.00. The zero-order chi connectivity index (χ0) is 10.8. The lowest BCUT2D eigenvalue weighted by atomic mass is 10.0. The number of hydrogen-bond acceptors (Lipinski definition) is 3. The van der Waals surface area contributed by atoms with Crippen LogP contribution in [0.3, 0.4) is 0 Å². The van der Waals surface area contributed by atoms with Gasteiger partial charge in [-0.25, -0.2) is 0 Å². The molecule has 2 aliphatic rings. The maximum atomic E-state index is 6.17. The lowest BCUT2D eigenvalue weighted by Crippen LogP contribution is -2.52. The van der Waals surface area contributed by atoms with Crippen molar-refractivity contribution in [1.29, 1.82) is 0 Å². The van der Waals surface area contributed by atoms with Crippen LogP contribution < -0.4 is 5.73 Å². The van der Waals surface area contributed by atoms with E-state index in [-0.39, 0.29) is 0 Å². The Kier molecular flexibility index (Phi) is 3.65. The second-order valence-corrected chi connectivity index (χ2v) is 5.39. The molecule has 0 radical (unpaired) electrons. The smallest absolute Gasteiger partial charge is 0.0247 e. The first-order valence-corrected chi connectivity index (χ1v) is 6.34. The Balaban J connectivity index is 1.91. The minimum absolute atomic E-state index is 0.419. The van der Waals surface area contributed by atoms with E-state index in [2.05, 4.69) is 23.9 Å². The Hall–Kier alpha value is -0.120. The molecule has 2 fully saturated rings. The molecular formula is C12H25N3. The molecule has 0 spiro atoms. The third kappa shape index (κ3) is 2.52. The minimum atomic E-state index is 0.419. The van der Waals surface area contributed by atoms with Crippen LogP contribution in [0.5, 0.6) is 0 Å².